The first-order valence-electron chi connectivity index (χ1n) is 6.75. The molecule has 0 amide bonds. The summed E-state index contributed by atoms with van der Waals surface area (Å²) in [6, 6.07) is 3.83. The van der Waals surface area contributed by atoms with Crippen LogP contribution in [-0.4, -0.2) is 18.9 Å². The summed E-state index contributed by atoms with van der Waals surface area (Å²) in [7, 11) is 1.62. The smallest absolute Gasteiger partial charge is 0.231 e. The molecule has 0 radical (unpaired) electrons. The van der Waals surface area contributed by atoms with E-state index in [1.807, 2.05) is 12.1 Å². The first-order valence-corrected chi connectivity index (χ1v) is 6.75. The Bertz CT molecular complexity index is 645. The molecule has 20 heavy (non-hydrogen) atoms. The van der Waals surface area contributed by atoms with Gasteiger partial charge in [-0.25, -0.2) is 4.98 Å². The average Bonchev–Trinajstić information content (AvgIpc) is 2.97. The molecule has 2 aromatic rings. The van der Waals surface area contributed by atoms with Gasteiger partial charge in [0.05, 0.1) is 12.8 Å². The summed E-state index contributed by atoms with van der Waals surface area (Å²) < 4.78 is 21.8. The molecule has 0 saturated heterocycles. The number of nitrogens with zero attached hydrogens (tertiary/aromatic N) is 1. The Labute approximate surface area is 116 Å². The fourth-order valence-electron chi connectivity index (χ4n) is 2.51. The standard InChI is InChI=1S/C15H15NO4/c1-17-12-5-10(6-13-15(12)20-8-19-13)14-11(16-7-18-14)4-9-2-3-9/h5-7,9H,2-4,8H2,1H3. The Balaban J connectivity index is 1.76. The van der Waals surface area contributed by atoms with E-state index in [1.165, 1.54) is 19.2 Å². The number of methoxy groups -OCH3 is 1. The monoisotopic (exact) mass is 273 g/mol. The fraction of sp³-hybridized carbons (Fsp3) is 0.400. The van der Waals surface area contributed by atoms with Gasteiger partial charge in [0.2, 0.25) is 12.5 Å². The van der Waals surface area contributed by atoms with Crippen LogP contribution in [0.25, 0.3) is 11.3 Å². The van der Waals surface area contributed by atoms with E-state index >= 15 is 0 Å². The molecule has 0 bridgehead atoms. The highest BCUT2D eigenvalue weighted by Crippen LogP contribution is 2.45. The summed E-state index contributed by atoms with van der Waals surface area (Å²) in [4.78, 5) is 4.34. The highest BCUT2D eigenvalue weighted by atomic mass is 16.7. The predicted octanol–water partition coefficient (Wildman–Crippen LogP) is 3.03. The van der Waals surface area contributed by atoms with Gasteiger partial charge >= 0.3 is 0 Å². The molecular formula is C15H15NO4. The van der Waals surface area contributed by atoms with Crippen LogP contribution in [0.15, 0.2) is 22.9 Å². The van der Waals surface area contributed by atoms with Crippen molar-refractivity contribution in [3.63, 3.8) is 0 Å². The topological polar surface area (TPSA) is 53.7 Å². The first kappa shape index (κ1) is 11.6. The third kappa shape index (κ3) is 1.90. The zero-order valence-corrected chi connectivity index (χ0v) is 11.2. The van der Waals surface area contributed by atoms with E-state index in [-0.39, 0.29) is 6.79 Å². The van der Waals surface area contributed by atoms with Crippen LogP contribution < -0.4 is 14.2 Å². The molecule has 4 rings (SSSR count). The van der Waals surface area contributed by atoms with Crippen LogP contribution in [0, 0.1) is 5.92 Å². The van der Waals surface area contributed by atoms with Crippen molar-refractivity contribution in [1.29, 1.82) is 0 Å². The molecular weight excluding hydrogens is 258 g/mol. The lowest BCUT2D eigenvalue weighted by Gasteiger charge is -2.07. The molecule has 0 N–H and O–H groups in total. The van der Waals surface area contributed by atoms with Gasteiger partial charge in [0.1, 0.15) is 0 Å². The summed E-state index contributed by atoms with van der Waals surface area (Å²) in [5.41, 5.74) is 1.92. The highest BCUT2D eigenvalue weighted by molar-refractivity contribution is 5.69. The van der Waals surface area contributed by atoms with E-state index in [2.05, 4.69) is 4.98 Å². The predicted molar refractivity (Wildman–Crippen MR) is 71.0 cm³/mol. The largest absolute Gasteiger partial charge is 0.493 e. The van der Waals surface area contributed by atoms with Crippen LogP contribution in [0.5, 0.6) is 17.2 Å². The minimum atomic E-state index is 0.223. The summed E-state index contributed by atoms with van der Waals surface area (Å²) in [5.74, 6) is 3.56. The van der Waals surface area contributed by atoms with Crippen LogP contribution in [0.4, 0.5) is 0 Å². The van der Waals surface area contributed by atoms with E-state index < -0.39 is 0 Å². The molecule has 1 fully saturated rings. The SMILES string of the molecule is COc1cc(-c2ocnc2CC2CC2)cc2c1OCO2. The van der Waals surface area contributed by atoms with Crippen LogP contribution in [-0.2, 0) is 6.42 Å². The molecule has 1 aliphatic heterocycles. The van der Waals surface area contributed by atoms with Crippen molar-refractivity contribution in [2.75, 3.05) is 13.9 Å². The first-order chi connectivity index (χ1) is 9.85. The molecule has 5 nitrogen and oxygen atoms in total. The Morgan fingerprint density at radius 3 is 3.00 bits per heavy atom. The van der Waals surface area contributed by atoms with E-state index in [0.717, 1.165) is 29.4 Å². The second kappa shape index (κ2) is 4.44. The lowest BCUT2D eigenvalue weighted by atomic mass is 10.1. The zero-order chi connectivity index (χ0) is 13.5. The molecule has 5 heteroatoms. The Morgan fingerprint density at radius 1 is 1.30 bits per heavy atom. The van der Waals surface area contributed by atoms with Gasteiger partial charge in [-0.15, -0.1) is 0 Å². The van der Waals surface area contributed by atoms with E-state index in [1.54, 1.807) is 7.11 Å². The quantitative estimate of drug-likeness (QED) is 0.857. The number of hydrogen-bond acceptors (Lipinski definition) is 5. The summed E-state index contributed by atoms with van der Waals surface area (Å²) in [6.07, 6.45) is 5.06. The zero-order valence-electron chi connectivity index (χ0n) is 11.2. The number of aromatic nitrogens is 1. The minimum absolute atomic E-state index is 0.223. The minimum Gasteiger partial charge on any atom is -0.493 e. The van der Waals surface area contributed by atoms with Gasteiger partial charge in [0.25, 0.3) is 0 Å². The van der Waals surface area contributed by atoms with Gasteiger partial charge in [-0.05, 0) is 37.3 Å². The number of fused-ring (bicyclic) bond motifs is 1. The van der Waals surface area contributed by atoms with Gasteiger partial charge in [-0.3, -0.25) is 0 Å². The molecule has 1 aromatic heterocycles. The Kier molecular flexibility index (Phi) is 2.58. The Morgan fingerprint density at radius 2 is 2.20 bits per heavy atom. The number of benzene rings is 1. The van der Waals surface area contributed by atoms with Crippen molar-refractivity contribution in [3.05, 3.63) is 24.2 Å². The third-order valence-electron chi connectivity index (χ3n) is 3.74. The van der Waals surface area contributed by atoms with Gasteiger partial charge in [0, 0.05) is 5.56 Å². The lowest BCUT2D eigenvalue weighted by Crippen LogP contribution is -1.93. The van der Waals surface area contributed by atoms with Crippen LogP contribution in [0.2, 0.25) is 0 Å². The van der Waals surface area contributed by atoms with Crippen LogP contribution in [0.1, 0.15) is 18.5 Å². The number of ether oxygens (including phenoxy) is 3. The summed E-state index contributed by atoms with van der Waals surface area (Å²) >= 11 is 0. The number of hydrogen-bond donors (Lipinski definition) is 0. The maximum Gasteiger partial charge on any atom is 0.231 e. The maximum absolute atomic E-state index is 5.58. The molecule has 104 valence electrons. The van der Waals surface area contributed by atoms with E-state index in [9.17, 15) is 0 Å². The molecule has 2 aliphatic rings. The number of oxazole rings is 1. The van der Waals surface area contributed by atoms with Crippen molar-refractivity contribution >= 4 is 0 Å². The number of rotatable bonds is 4. The van der Waals surface area contributed by atoms with Crippen molar-refractivity contribution in [3.8, 4) is 28.6 Å². The Hall–Kier alpha value is -2.17. The molecule has 1 aromatic carbocycles. The normalized spacial score (nSPS) is 16.4. The maximum atomic E-state index is 5.58. The highest BCUT2D eigenvalue weighted by Gasteiger charge is 2.27. The summed E-state index contributed by atoms with van der Waals surface area (Å²) in [5, 5.41) is 0. The van der Waals surface area contributed by atoms with Crippen molar-refractivity contribution in [2.24, 2.45) is 5.92 Å². The molecule has 0 atom stereocenters. The van der Waals surface area contributed by atoms with E-state index in [0.29, 0.717) is 17.2 Å². The van der Waals surface area contributed by atoms with Crippen LogP contribution >= 0.6 is 0 Å². The second-order valence-electron chi connectivity index (χ2n) is 5.19. The molecule has 0 spiro atoms. The van der Waals surface area contributed by atoms with Crippen LogP contribution in [0.3, 0.4) is 0 Å². The van der Waals surface area contributed by atoms with E-state index in [4.69, 9.17) is 18.6 Å². The fourth-order valence-corrected chi connectivity index (χ4v) is 2.51. The van der Waals surface area contributed by atoms with Gasteiger partial charge in [-0.2, -0.15) is 0 Å². The van der Waals surface area contributed by atoms with Gasteiger partial charge < -0.3 is 18.6 Å². The average molecular weight is 273 g/mol. The molecule has 2 heterocycles. The van der Waals surface area contributed by atoms with Gasteiger partial charge in [0.15, 0.2) is 23.7 Å². The molecule has 1 saturated carbocycles. The third-order valence-corrected chi connectivity index (χ3v) is 3.74. The molecule has 0 unspecified atom stereocenters. The van der Waals surface area contributed by atoms with Gasteiger partial charge in [-0.1, -0.05) is 0 Å². The van der Waals surface area contributed by atoms with Crippen molar-refractivity contribution in [2.45, 2.75) is 19.3 Å². The van der Waals surface area contributed by atoms with Crippen molar-refractivity contribution in [1.82, 2.24) is 4.98 Å². The lowest BCUT2D eigenvalue weighted by molar-refractivity contribution is 0.171. The second-order valence-corrected chi connectivity index (χ2v) is 5.19. The van der Waals surface area contributed by atoms with Crippen molar-refractivity contribution < 1.29 is 18.6 Å². The molecule has 1 aliphatic carbocycles. The summed E-state index contributed by atoms with van der Waals surface area (Å²) in [6.45, 7) is 0.223.